The third-order valence-corrected chi connectivity index (χ3v) is 4.38. The van der Waals surface area contributed by atoms with E-state index in [0.717, 1.165) is 5.56 Å². The van der Waals surface area contributed by atoms with Gasteiger partial charge in [0.1, 0.15) is 23.1 Å². The van der Waals surface area contributed by atoms with Gasteiger partial charge in [-0.3, -0.25) is 5.73 Å². The fraction of sp³-hybridized carbons (Fsp3) is 0.222. The predicted molar refractivity (Wildman–Crippen MR) is 94.0 cm³/mol. The average Bonchev–Trinajstić information content (AvgIpc) is 2.90. The number of anilines is 1. The van der Waals surface area contributed by atoms with E-state index < -0.39 is 12.0 Å². The van der Waals surface area contributed by atoms with Gasteiger partial charge < -0.3 is 19.9 Å². The van der Waals surface area contributed by atoms with Crippen LogP contribution in [0.2, 0.25) is 0 Å². The summed E-state index contributed by atoms with van der Waals surface area (Å²) in [5.41, 5.74) is 14.1. The highest BCUT2D eigenvalue weighted by molar-refractivity contribution is 5.91. The van der Waals surface area contributed by atoms with Gasteiger partial charge in [0, 0.05) is 41.6 Å². The topological polar surface area (TPSA) is 106 Å². The Labute approximate surface area is 148 Å². The van der Waals surface area contributed by atoms with Crippen LogP contribution < -0.4 is 25.7 Å². The third-order valence-electron chi connectivity index (χ3n) is 4.38. The van der Waals surface area contributed by atoms with Crippen LogP contribution in [0.4, 0.5) is 10.1 Å². The van der Waals surface area contributed by atoms with Gasteiger partial charge in [-0.05, 0) is 6.07 Å². The van der Waals surface area contributed by atoms with Crippen molar-refractivity contribution in [1.29, 1.82) is 0 Å². The van der Waals surface area contributed by atoms with Crippen LogP contribution in [0.3, 0.4) is 0 Å². The Morgan fingerprint density at radius 2 is 1.96 bits per heavy atom. The normalized spacial score (nSPS) is 18.5. The molecule has 4 rings (SSSR count). The molecule has 26 heavy (non-hydrogen) atoms. The van der Waals surface area contributed by atoms with Crippen molar-refractivity contribution in [3.05, 3.63) is 41.8 Å². The van der Waals surface area contributed by atoms with Gasteiger partial charge in [0.2, 0.25) is 0 Å². The molecule has 4 N–H and O–H groups in total. The van der Waals surface area contributed by atoms with E-state index in [1.54, 1.807) is 12.3 Å². The van der Waals surface area contributed by atoms with E-state index in [2.05, 4.69) is 9.97 Å². The molecule has 7 nitrogen and oxygen atoms in total. The third kappa shape index (κ3) is 2.64. The summed E-state index contributed by atoms with van der Waals surface area (Å²) in [7, 11) is 1.44. The summed E-state index contributed by atoms with van der Waals surface area (Å²) >= 11 is 0. The van der Waals surface area contributed by atoms with Gasteiger partial charge in [0.05, 0.1) is 18.0 Å². The number of ether oxygens (including phenoxy) is 3. The van der Waals surface area contributed by atoms with Crippen molar-refractivity contribution in [2.24, 2.45) is 5.73 Å². The zero-order valence-electron chi connectivity index (χ0n) is 14.2. The van der Waals surface area contributed by atoms with E-state index in [4.69, 9.17) is 25.7 Å². The van der Waals surface area contributed by atoms with Crippen LogP contribution in [-0.4, -0.2) is 23.3 Å². The lowest BCUT2D eigenvalue weighted by Gasteiger charge is -2.10. The maximum atomic E-state index is 13.6. The number of rotatable bonds is 3. The standard InChI is InChI=1S/C18H17FN4O3/c1-8-15-13(20)6-14-12(16(15)26-17(8)21)7-22-18(23-14)25-11-4-9(19)3-10(5-11)24-2/h3-8,17H,20-21H2,1-2H3. The number of benzene rings is 2. The zero-order chi connectivity index (χ0) is 18.4. The minimum absolute atomic E-state index is 0.0231. The Bertz CT molecular complexity index is 1010. The summed E-state index contributed by atoms with van der Waals surface area (Å²) in [5, 5.41) is 0.693. The van der Waals surface area contributed by atoms with Crippen molar-refractivity contribution >= 4 is 16.6 Å². The number of nitrogens with zero attached hydrogens (tertiary/aromatic N) is 2. The Hall–Kier alpha value is -3.13. The second-order valence-corrected chi connectivity index (χ2v) is 6.09. The summed E-state index contributed by atoms with van der Waals surface area (Å²) in [6, 6.07) is 5.79. The summed E-state index contributed by atoms with van der Waals surface area (Å²) in [5.74, 6) is 0.643. The number of hydrogen-bond donors (Lipinski definition) is 2. The molecule has 0 amide bonds. The highest BCUT2D eigenvalue weighted by Crippen LogP contribution is 2.44. The first kappa shape index (κ1) is 16.3. The van der Waals surface area contributed by atoms with Crippen LogP contribution in [-0.2, 0) is 0 Å². The van der Waals surface area contributed by atoms with Crippen molar-refractivity contribution in [3.8, 4) is 23.3 Å². The Kier molecular flexibility index (Phi) is 3.77. The second-order valence-electron chi connectivity index (χ2n) is 6.09. The van der Waals surface area contributed by atoms with Gasteiger partial charge in [-0.2, -0.15) is 4.98 Å². The number of fused-ring (bicyclic) bond motifs is 3. The molecule has 0 aliphatic carbocycles. The molecule has 2 aromatic carbocycles. The highest BCUT2D eigenvalue weighted by Gasteiger charge is 2.32. The van der Waals surface area contributed by atoms with Crippen molar-refractivity contribution in [2.75, 3.05) is 12.8 Å². The lowest BCUT2D eigenvalue weighted by molar-refractivity contribution is 0.221. The zero-order valence-corrected chi connectivity index (χ0v) is 14.2. The van der Waals surface area contributed by atoms with Crippen LogP contribution in [0, 0.1) is 5.82 Å². The number of hydrogen-bond acceptors (Lipinski definition) is 7. The smallest absolute Gasteiger partial charge is 0.322 e. The molecule has 0 saturated heterocycles. The minimum atomic E-state index is -0.487. The fourth-order valence-electron chi connectivity index (χ4n) is 3.03. The summed E-state index contributed by atoms with van der Waals surface area (Å²) in [6.07, 6.45) is 1.12. The first-order chi connectivity index (χ1) is 12.5. The molecular weight excluding hydrogens is 339 g/mol. The Morgan fingerprint density at radius 1 is 1.19 bits per heavy atom. The number of nitrogens with two attached hydrogens (primary N) is 2. The summed E-state index contributed by atoms with van der Waals surface area (Å²) < 4.78 is 29.9. The molecule has 2 atom stereocenters. The molecule has 3 aromatic rings. The number of nitrogen functional groups attached to an aromatic ring is 1. The number of aromatic nitrogens is 2. The molecule has 1 aliphatic heterocycles. The van der Waals surface area contributed by atoms with Gasteiger partial charge in [-0.1, -0.05) is 6.92 Å². The van der Waals surface area contributed by atoms with Crippen molar-refractivity contribution in [1.82, 2.24) is 9.97 Å². The van der Waals surface area contributed by atoms with E-state index in [0.29, 0.717) is 28.1 Å². The second kappa shape index (κ2) is 5.99. The average molecular weight is 356 g/mol. The maximum absolute atomic E-state index is 13.6. The summed E-state index contributed by atoms with van der Waals surface area (Å²) in [4.78, 5) is 8.53. The molecule has 1 aromatic heterocycles. The monoisotopic (exact) mass is 356 g/mol. The van der Waals surface area contributed by atoms with E-state index >= 15 is 0 Å². The van der Waals surface area contributed by atoms with Gasteiger partial charge in [0.25, 0.3) is 0 Å². The van der Waals surface area contributed by atoms with Gasteiger partial charge in [-0.15, -0.1) is 0 Å². The molecule has 0 fully saturated rings. The first-order valence-electron chi connectivity index (χ1n) is 8.00. The van der Waals surface area contributed by atoms with Crippen LogP contribution >= 0.6 is 0 Å². The quantitative estimate of drug-likeness (QED) is 0.695. The fourth-order valence-corrected chi connectivity index (χ4v) is 3.03. The number of methoxy groups -OCH3 is 1. The van der Waals surface area contributed by atoms with Gasteiger partial charge >= 0.3 is 6.01 Å². The molecule has 0 bridgehead atoms. The lowest BCUT2D eigenvalue weighted by atomic mass is 9.98. The molecule has 0 spiro atoms. The van der Waals surface area contributed by atoms with E-state index in [9.17, 15) is 4.39 Å². The number of halogens is 1. The first-order valence-corrected chi connectivity index (χ1v) is 8.00. The van der Waals surface area contributed by atoms with E-state index in [1.807, 2.05) is 6.92 Å². The van der Waals surface area contributed by atoms with Gasteiger partial charge in [0.15, 0.2) is 6.23 Å². The maximum Gasteiger partial charge on any atom is 0.322 e. The molecule has 0 saturated carbocycles. The van der Waals surface area contributed by atoms with Crippen LogP contribution in [0.5, 0.6) is 23.3 Å². The Morgan fingerprint density at radius 3 is 2.73 bits per heavy atom. The minimum Gasteiger partial charge on any atom is -0.497 e. The molecular formula is C18H17FN4O3. The molecule has 2 heterocycles. The molecule has 1 aliphatic rings. The summed E-state index contributed by atoms with van der Waals surface area (Å²) in [6.45, 7) is 1.95. The van der Waals surface area contributed by atoms with Crippen LogP contribution in [0.1, 0.15) is 18.4 Å². The largest absolute Gasteiger partial charge is 0.497 e. The Balaban J connectivity index is 1.74. The van der Waals surface area contributed by atoms with E-state index in [1.165, 1.54) is 25.3 Å². The van der Waals surface area contributed by atoms with Crippen molar-refractivity contribution < 1.29 is 18.6 Å². The van der Waals surface area contributed by atoms with E-state index in [-0.39, 0.29) is 17.7 Å². The molecule has 0 radical (unpaired) electrons. The predicted octanol–water partition coefficient (Wildman–Crippen LogP) is 2.93. The highest BCUT2D eigenvalue weighted by atomic mass is 19.1. The van der Waals surface area contributed by atoms with Crippen molar-refractivity contribution in [2.45, 2.75) is 19.1 Å². The molecule has 8 heteroatoms. The molecule has 134 valence electrons. The SMILES string of the molecule is COc1cc(F)cc(Oc2ncc3c4c(c(N)cc3n2)C(C)C(N)O4)c1. The van der Waals surface area contributed by atoms with Crippen molar-refractivity contribution in [3.63, 3.8) is 0 Å². The van der Waals surface area contributed by atoms with Gasteiger partial charge in [-0.25, -0.2) is 9.37 Å². The van der Waals surface area contributed by atoms with Crippen LogP contribution in [0.25, 0.3) is 10.9 Å². The molecule has 2 unspecified atom stereocenters. The lowest BCUT2D eigenvalue weighted by Crippen LogP contribution is -2.27. The van der Waals surface area contributed by atoms with Crippen LogP contribution in [0.15, 0.2) is 30.5 Å².